The Hall–Kier alpha value is -3.72. The molecule has 1 amide bonds. The molecule has 2 unspecified atom stereocenters. The molecule has 1 N–H and O–H groups in total. The number of nitro benzene ring substituents is 1. The number of Topliss-reactive ketones (excluding diaryl/α,β-unsaturated/α-hetero) is 1. The Morgan fingerprint density at radius 1 is 1.17 bits per heavy atom. The third-order valence-corrected chi connectivity index (χ3v) is 6.63. The van der Waals surface area contributed by atoms with Gasteiger partial charge in [-0.2, -0.15) is 0 Å². The second-order valence-electron chi connectivity index (χ2n) is 8.66. The van der Waals surface area contributed by atoms with Crippen molar-refractivity contribution < 1.29 is 24.4 Å². The summed E-state index contributed by atoms with van der Waals surface area (Å²) in [4.78, 5) is 40.6. The van der Waals surface area contributed by atoms with Crippen molar-refractivity contribution in [2.24, 2.45) is 0 Å². The van der Waals surface area contributed by atoms with Crippen LogP contribution in [0.4, 0.5) is 11.4 Å². The summed E-state index contributed by atoms with van der Waals surface area (Å²) in [6.07, 6.45) is 1.47. The number of nitrogens with zero attached hydrogens (tertiary/aromatic N) is 3. The molecule has 0 saturated carbocycles. The van der Waals surface area contributed by atoms with E-state index in [1.165, 1.54) is 29.2 Å². The molecule has 0 radical (unpaired) electrons. The third kappa shape index (κ3) is 4.77. The van der Waals surface area contributed by atoms with Crippen LogP contribution in [0, 0.1) is 10.1 Å². The van der Waals surface area contributed by atoms with Crippen LogP contribution < -0.4 is 4.90 Å². The molecule has 0 bridgehead atoms. The zero-order chi connectivity index (χ0) is 25.1. The summed E-state index contributed by atoms with van der Waals surface area (Å²) >= 11 is 0. The van der Waals surface area contributed by atoms with Crippen molar-refractivity contribution in [3.63, 3.8) is 0 Å². The van der Waals surface area contributed by atoms with Crippen molar-refractivity contribution in [2.45, 2.75) is 38.8 Å². The van der Waals surface area contributed by atoms with E-state index in [4.69, 9.17) is 4.74 Å². The van der Waals surface area contributed by atoms with Gasteiger partial charge in [0.15, 0.2) is 0 Å². The van der Waals surface area contributed by atoms with E-state index < -0.39 is 28.4 Å². The highest BCUT2D eigenvalue weighted by molar-refractivity contribution is 6.46. The molecule has 2 saturated heterocycles. The second kappa shape index (κ2) is 10.3. The third-order valence-electron chi connectivity index (χ3n) is 6.63. The number of ketones is 1. The fraction of sp³-hybridized carbons (Fsp3) is 0.385. The smallest absolute Gasteiger partial charge is 0.295 e. The summed E-state index contributed by atoms with van der Waals surface area (Å²) in [5.74, 6) is -1.96. The minimum absolute atomic E-state index is 0.0796. The van der Waals surface area contributed by atoms with E-state index in [1.807, 2.05) is 24.3 Å². The van der Waals surface area contributed by atoms with Gasteiger partial charge in [0, 0.05) is 49.6 Å². The van der Waals surface area contributed by atoms with Gasteiger partial charge in [-0.3, -0.25) is 19.7 Å². The number of benzene rings is 2. The number of hydrogen-bond donors (Lipinski definition) is 1. The molecule has 2 fully saturated rings. The van der Waals surface area contributed by atoms with Gasteiger partial charge in [-0.1, -0.05) is 24.3 Å². The summed E-state index contributed by atoms with van der Waals surface area (Å²) in [7, 11) is 0. The molecule has 0 aromatic heterocycles. The average Bonchev–Trinajstić information content (AvgIpc) is 3.47. The molecule has 2 aliphatic rings. The summed E-state index contributed by atoms with van der Waals surface area (Å²) in [5, 5.41) is 22.4. The minimum atomic E-state index is -0.829. The highest BCUT2D eigenvalue weighted by atomic mass is 16.6. The maximum Gasteiger partial charge on any atom is 0.295 e. The standard InChI is InChI=1S/C26H29N3O6/c1-3-27(4-2)19-12-10-17(11-13-19)23-22(24(30)18-7-5-8-20(15-18)29(33)34)25(31)26(32)28(23)16-21-9-6-14-35-21/h5,7-8,10-13,15,21,23,30H,3-4,6,9,14,16H2,1-2H3/b24-22-. The zero-order valence-corrected chi connectivity index (χ0v) is 19.8. The number of carbonyl (C=O) groups is 2. The van der Waals surface area contributed by atoms with Crippen molar-refractivity contribution in [3.8, 4) is 0 Å². The summed E-state index contributed by atoms with van der Waals surface area (Å²) in [5.41, 5.74) is 1.49. The lowest BCUT2D eigenvalue weighted by atomic mass is 9.94. The fourth-order valence-corrected chi connectivity index (χ4v) is 4.80. The second-order valence-corrected chi connectivity index (χ2v) is 8.66. The molecule has 2 atom stereocenters. The van der Waals surface area contributed by atoms with E-state index in [9.17, 15) is 24.8 Å². The average molecular weight is 480 g/mol. The van der Waals surface area contributed by atoms with E-state index in [0.717, 1.165) is 31.6 Å². The number of amides is 1. The number of anilines is 1. The molecule has 184 valence electrons. The van der Waals surface area contributed by atoms with Crippen LogP contribution in [0.1, 0.15) is 43.9 Å². The van der Waals surface area contributed by atoms with Crippen LogP contribution in [0.25, 0.3) is 5.76 Å². The molecule has 4 rings (SSSR count). The van der Waals surface area contributed by atoms with Crippen molar-refractivity contribution >= 4 is 28.8 Å². The molecule has 9 nitrogen and oxygen atoms in total. The van der Waals surface area contributed by atoms with Gasteiger partial charge >= 0.3 is 0 Å². The maximum absolute atomic E-state index is 13.2. The largest absolute Gasteiger partial charge is 0.507 e. The minimum Gasteiger partial charge on any atom is -0.507 e. The molecular formula is C26H29N3O6. The number of rotatable bonds is 8. The molecule has 9 heteroatoms. The van der Waals surface area contributed by atoms with Gasteiger partial charge in [0.1, 0.15) is 5.76 Å². The lowest BCUT2D eigenvalue weighted by Gasteiger charge is -2.28. The molecule has 2 heterocycles. The van der Waals surface area contributed by atoms with E-state index in [0.29, 0.717) is 12.2 Å². The first-order valence-corrected chi connectivity index (χ1v) is 11.8. The van der Waals surface area contributed by atoms with E-state index >= 15 is 0 Å². The van der Waals surface area contributed by atoms with E-state index in [-0.39, 0.29) is 29.5 Å². The number of ether oxygens (including phenoxy) is 1. The maximum atomic E-state index is 13.2. The highest BCUT2D eigenvalue weighted by Gasteiger charge is 2.47. The van der Waals surface area contributed by atoms with Crippen molar-refractivity contribution in [3.05, 3.63) is 75.3 Å². The van der Waals surface area contributed by atoms with Gasteiger partial charge in [-0.15, -0.1) is 0 Å². The molecule has 0 spiro atoms. The Balaban J connectivity index is 1.81. The van der Waals surface area contributed by atoms with Gasteiger partial charge in [0.2, 0.25) is 0 Å². The Labute approximate surface area is 203 Å². The van der Waals surface area contributed by atoms with Gasteiger partial charge < -0.3 is 19.6 Å². The van der Waals surface area contributed by atoms with Crippen LogP contribution in [0.2, 0.25) is 0 Å². The number of likely N-dealkylation sites (tertiary alicyclic amines) is 1. The summed E-state index contributed by atoms with van der Waals surface area (Å²) in [6.45, 7) is 6.62. The quantitative estimate of drug-likeness (QED) is 0.200. The SMILES string of the molecule is CCN(CC)c1ccc(C2/C(=C(/O)c3cccc([N+](=O)[O-])c3)C(=O)C(=O)N2CC2CCCO2)cc1. The number of non-ortho nitro benzene ring substituents is 1. The lowest BCUT2D eigenvalue weighted by Crippen LogP contribution is -2.36. The summed E-state index contributed by atoms with van der Waals surface area (Å²) < 4.78 is 5.72. The van der Waals surface area contributed by atoms with Gasteiger partial charge in [-0.25, -0.2) is 0 Å². The van der Waals surface area contributed by atoms with Crippen molar-refractivity contribution in [2.75, 3.05) is 31.1 Å². The van der Waals surface area contributed by atoms with Gasteiger partial charge in [0.05, 0.1) is 22.6 Å². The number of hydrogen-bond acceptors (Lipinski definition) is 7. The number of nitro groups is 1. The molecule has 2 aromatic carbocycles. The molecule has 35 heavy (non-hydrogen) atoms. The summed E-state index contributed by atoms with van der Waals surface area (Å²) in [6, 6.07) is 12.2. The fourth-order valence-electron chi connectivity index (χ4n) is 4.80. The van der Waals surface area contributed by atoms with Crippen LogP contribution in [-0.2, 0) is 14.3 Å². The van der Waals surface area contributed by atoms with Crippen LogP contribution >= 0.6 is 0 Å². The van der Waals surface area contributed by atoms with Gasteiger partial charge in [-0.05, 0) is 44.4 Å². The lowest BCUT2D eigenvalue weighted by molar-refractivity contribution is -0.384. The molecular weight excluding hydrogens is 450 g/mol. The monoisotopic (exact) mass is 479 g/mol. The zero-order valence-electron chi connectivity index (χ0n) is 19.8. The molecule has 2 aromatic rings. The van der Waals surface area contributed by atoms with Crippen LogP contribution in [0.3, 0.4) is 0 Å². The van der Waals surface area contributed by atoms with Crippen molar-refractivity contribution in [1.82, 2.24) is 4.90 Å². The Morgan fingerprint density at radius 2 is 1.89 bits per heavy atom. The van der Waals surface area contributed by atoms with E-state index in [1.54, 1.807) is 0 Å². The highest BCUT2D eigenvalue weighted by Crippen LogP contribution is 2.40. The Bertz CT molecular complexity index is 1150. The van der Waals surface area contributed by atoms with Gasteiger partial charge in [0.25, 0.3) is 17.4 Å². The predicted octanol–water partition coefficient (Wildman–Crippen LogP) is 4.04. The van der Waals surface area contributed by atoms with Crippen molar-refractivity contribution in [1.29, 1.82) is 0 Å². The first-order chi connectivity index (χ1) is 16.8. The topological polar surface area (TPSA) is 113 Å². The van der Waals surface area contributed by atoms with Crippen LogP contribution in [0.15, 0.2) is 54.1 Å². The van der Waals surface area contributed by atoms with Crippen LogP contribution in [-0.4, -0.2) is 59.0 Å². The molecule has 0 aliphatic carbocycles. The number of carbonyl (C=O) groups excluding carboxylic acids is 2. The predicted molar refractivity (Wildman–Crippen MR) is 131 cm³/mol. The van der Waals surface area contributed by atoms with E-state index in [2.05, 4.69) is 18.7 Å². The van der Waals surface area contributed by atoms with Crippen LogP contribution in [0.5, 0.6) is 0 Å². The Morgan fingerprint density at radius 3 is 2.49 bits per heavy atom. The number of aliphatic hydroxyl groups excluding tert-OH is 1. The number of aliphatic hydroxyl groups is 1. The molecule has 2 aliphatic heterocycles. The normalized spacial score (nSPS) is 21.5. The first-order valence-electron chi connectivity index (χ1n) is 11.8. The Kier molecular flexibility index (Phi) is 7.16. The first kappa shape index (κ1) is 24.4.